The molecule has 2 amide bonds. The van der Waals surface area contributed by atoms with Crippen molar-refractivity contribution in [1.29, 1.82) is 0 Å². The predicted molar refractivity (Wildman–Crippen MR) is 140 cm³/mol. The molecule has 1 aliphatic heterocycles. The third kappa shape index (κ3) is 7.60. The van der Waals surface area contributed by atoms with Gasteiger partial charge in [-0.3, -0.25) is 9.69 Å². The quantitative estimate of drug-likeness (QED) is 0.262. The highest BCUT2D eigenvalue weighted by atomic mass is 16.2. The molecule has 1 rings (SSSR count). The largest absolute Gasteiger partial charge is 0.330 e. The number of rotatable bonds is 11. The molecule has 0 unspecified atom stereocenters. The normalized spacial score (nSPS) is 16.2. The number of carbonyl (C=O) groups is 2. The predicted octanol–water partition coefficient (Wildman–Crippen LogP) is 7.60. The minimum Gasteiger partial charge on any atom is -0.306 e. The molecule has 0 saturated heterocycles. The molecular weight excluding hydrogens is 408 g/mol. The van der Waals surface area contributed by atoms with Crippen LogP contribution in [0.1, 0.15) is 60.8 Å². The molecule has 0 aromatic carbocycles. The molecule has 0 atom stereocenters. The molecule has 0 aliphatic carbocycles. The van der Waals surface area contributed by atoms with Gasteiger partial charge < -0.3 is 5.32 Å². The number of Topliss-reactive ketones (excluding diaryl/α,β-unsaturated/α-hetero) is 1. The summed E-state index contributed by atoms with van der Waals surface area (Å²) in [6, 6.07) is -0.308. The van der Waals surface area contributed by atoms with Crippen molar-refractivity contribution in [3.63, 3.8) is 0 Å². The van der Waals surface area contributed by atoms with Gasteiger partial charge in [0, 0.05) is 16.8 Å². The van der Waals surface area contributed by atoms with Crippen LogP contribution in [0.15, 0.2) is 107 Å². The van der Waals surface area contributed by atoms with E-state index in [1.807, 2.05) is 45.1 Å². The Labute approximate surface area is 199 Å². The third-order valence-electron chi connectivity index (χ3n) is 5.44. The second kappa shape index (κ2) is 13.2. The molecule has 0 fully saturated rings. The van der Waals surface area contributed by atoms with Gasteiger partial charge in [-0.05, 0) is 66.0 Å². The molecule has 33 heavy (non-hydrogen) atoms. The van der Waals surface area contributed by atoms with E-state index >= 15 is 0 Å². The van der Waals surface area contributed by atoms with Gasteiger partial charge in [0.15, 0.2) is 5.78 Å². The van der Waals surface area contributed by atoms with Crippen molar-refractivity contribution in [2.24, 2.45) is 0 Å². The van der Waals surface area contributed by atoms with Crippen LogP contribution in [0.2, 0.25) is 0 Å². The molecule has 4 heteroatoms. The number of amides is 2. The molecule has 0 bridgehead atoms. The minimum atomic E-state index is -0.308. The summed E-state index contributed by atoms with van der Waals surface area (Å²) < 4.78 is 0. The fourth-order valence-corrected chi connectivity index (χ4v) is 3.40. The number of nitrogens with one attached hydrogen (secondary N) is 1. The molecule has 1 aliphatic rings. The van der Waals surface area contributed by atoms with Crippen LogP contribution >= 0.6 is 0 Å². The van der Waals surface area contributed by atoms with Gasteiger partial charge in [0.1, 0.15) is 0 Å². The Morgan fingerprint density at radius 1 is 1.03 bits per heavy atom. The van der Waals surface area contributed by atoms with Gasteiger partial charge in [0.2, 0.25) is 0 Å². The average Bonchev–Trinajstić information content (AvgIpc) is 2.77. The van der Waals surface area contributed by atoms with E-state index in [9.17, 15) is 9.59 Å². The number of nitrogens with zero attached hydrogens (tertiary/aromatic N) is 1. The Balaban J connectivity index is 3.29. The van der Waals surface area contributed by atoms with Gasteiger partial charge in [-0.15, -0.1) is 0 Å². The van der Waals surface area contributed by atoms with E-state index in [-0.39, 0.29) is 11.8 Å². The van der Waals surface area contributed by atoms with Gasteiger partial charge in [-0.1, -0.05) is 73.8 Å². The summed E-state index contributed by atoms with van der Waals surface area (Å²) >= 11 is 0. The maximum Gasteiger partial charge on any atom is 0.330 e. The molecule has 0 aromatic heterocycles. The molecule has 1 heterocycles. The van der Waals surface area contributed by atoms with Gasteiger partial charge in [-0.25, -0.2) is 4.79 Å². The number of urea groups is 1. The van der Waals surface area contributed by atoms with E-state index in [0.717, 1.165) is 35.3 Å². The average molecular weight is 447 g/mol. The summed E-state index contributed by atoms with van der Waals surface area (Å²) in [5.74, 6) is -0.0731. The zero-order chi connectivity index (χ0) is 25.1. The van der Waals surface area contributed by atoms with Crippen LogP contribution in [-0.2, 0) is 4.79 Å². The highest BCUT2D eigenvalue weighted by molar-refractivity contribution is 5.96. The first kappa shape index (κ1) is 27.6. The van der Waals surface area contributed by atoms with E-state index in [1.54, 1.807) is 24.0 Å². The van der Waals surface area contributed by atoms with Gasteiger partial charge in [0.05, 0.1) is 11.4 Å². The third-order valence-corrected chi connectivity index (χ3v) is 5.44. The van der Waals surface area contributed by atoms with Crippen LogP contribution in [0.25, 0.3) is 0 Å². The lowest BCUT2D eigenvalue weighted by Gasteiger charge is -2.34. The number of allylic oxidation sites excluding steroid dienone is 12. The second-order valence-electron chi connectivity index (χ2n) is 8.25. The first-order chi connectivity index (χ1) is 15.6. The van der Waals surface area contributed by atoms with Crippen molar-refractivity contribution in [2.75, 3.05) is 0 Å². The summed E-state index contributed by atoms with van der Waals surface area (Å²) in [6.45, 7) is 23.1. The minimum absolute atomic E-state index is 0.0731. The molecule has 4 nitrogen and oxygen atoms in total. The summed E-state index contributed by atoms with van der Waals surface area (Å²) in [7, 11) is 0. The monoisotopic (exact) mass is 446 g/mol. The Morgan fingerprint density at radius 2 is 1.70 bits per heavy atom. The second-order valence-corrected chi connectivity index (χ2v) is 8.25. The lowest BCUT2D eigenvalue weighted by Crippen LogP contribution is -2.44. The topological polar surface area (TPSA) is 49.4 Å². The SMILES string of the molecule is C=C/C=C\C=C(/C)CCC(=C)/C=C\C(=C(C)C)N1C(=O)N/C(=C(/C)C(C)=O)C(CC)=C1C=C. The van der Waals surface area contributed by atoms with Crippen LogP contribution in [0.3, 0.4) is 0 Å². The molecule has 176 valence electrons. The molecule has 0 saturated carbocycles. The molecule has 0 spiro atoms. The van der Waals surface area contributed by atoms with E-state index in [0.29, 0.717) is 23.4 Å². The van der Waals surface area contributed by atoms with E-state index in [2.05, 4.69) is 38.1 Å². The molecule has 0 aromatic rings. The highest BCUT2D eigenvalue weighted by Crippen LogP contribution is 2.32. The standard InChI is InChI=1S/C29H38N2O2/c1-10-13-14-15-21(6)16-17-22(7)18-19-27(20(4)5)31-26(12-3)25(11-2)28(30-29(31)33)23(8)24(9)32/h10,12-15,18-19H,1,3,7,11,16-17H2,2,4-6,8-9H3,(H,30,33)/b14-13-,19-18-,21-15+,28-23-. The number of ketones is 1. The van der Waals surface area contributed by atoms with Gasteiger partial charge in [0.25, 0.3) is 0 Å². The summed E-state index contributed by atoms with van der Waals surface area (Å²) in [5.41, 5.74) is 6.65. The Bertz CT molecular complexity index is 1010. The Morgan fingerprint density at radius 3 is 2.21 bits per heavy atom. The summed E-state index contributed by atoms with van der Waals surface area (Å²) in [6.07, 6.45) is 15.6. The van der Waals surface area contributed by atoms with Gasteiger partial charge in [-0.2, -0.15) is 0 Å². The van der Waals surface area contributed by atoms with Crippen molar-refractivity contribution in [3.8, 4) is 0 Å². The van der Waals surface area contributed by atoms with Crippen molar-refractivity contribution in [1.82, 2.24) is 10.2 Å². The summed E-state index contributed by atoms with van der Waals surface area (Å²) in [5, 5.41) is 2.93. The van der Waals surface area contributed by atoms with E-state index in [1.165, 1.54) is 12.5 Å². The van der Waals surface area contributed by atoms with Crippen LogP contribution in [-0.4, -0.2) is 16.7 Å². The first-order valence-electron chi connectivity index (χ1n) is 11.3. The van der Waals surface area contributed by atoms with E-state index in [4.69, 9.17) is 0 Å². The summed E-state index contributed by atoms with van der Waals surface area (Å²) in [4.78, 5) is 26.8. The first-order valence-corrected chi connectivity index (χ1v) is 11.3. The zero-order valence-electron chi connectivity index (χ0n) is 21.0. The van der Waals surface area contributed by atoms with Crippen molar-refractivity contribution >= 4 is 11.8 Å². The maximum absolute atomic E-state index is 13.2. The van der Waals surface area contributed by atoms with Crippen molar-refractivity contribution in [2.45, 2.75) is 60.8 Å². The van der Waals surface area contributed by atoms with E-state index < -0.39 is 0 Å². The Hall–Kier alpha value is -3.40. The maximum atomic E-state index is 13.2. The molecule has 0 radical (unpaired) electrons. The van der Waals surface area contributed by atoms with Crippen LogP contribution < -0.4 is 5.32 Å². The van der Waals surface area contributed by atoms with Gasteiger partial charge >= 0.3 is 6.03 Å². The number of carbonyl (C=O) groups excluding carboxylic acids is 2. The zero-order valence-corrected chi connectivity index (χ0v) is 21.0. The fourth-order valence-electron chi connectivity index (χ4n) is 3.40. The Kier molecular flexibility index (Phi) is 11.1. The lowest BCUT2D eigenvalue weighted by atomic mass is 9.97. The molecular formula is C29H38N2O2. The number of hydrogen-bond acceptors (Lipinski definition) is 2. The van der Waals surface area contributed by atoms with Crippen LogP contribution in [0.4, 0.5) is 4.79 Å². The number of hydrogen-bond donors (Lipinski definition) is 1. The smallest absolute Gasteiger partial charge is 0.306 e. The lowest BCUT2D eigenvalue weighted by molar-refractivity contribution is -0.113. The highest BCUT2D eigenvalue weighted by Gasteiger charge is 2.31. The van der Waals surface area contributed by atoms with Crippen molar-refractivity contribution in [3.05, 3.63) is 107 Å². The van der Waals surface area contributed by atoms with Crippen LogP contribution in [0, 0.1) is 0 Å². The van der Waals surface area contributed by atoms with Crippen LogP contribution in [0.5, 0.6) is 0 Å². The van der Waals surface area contributed by atoms with Crippen molar-refractivity contribution < 1.29 is 9.59 Å². The molecule has 1 N–H and O–H groups in total. The fraction of sp³-hybridized carbons (Fsp3) is 0.310.